The van der Waals surface area contributed by atoms with Crippen LogP contribution in [0.15, 0.2) is 265 Å². The van der Waals surface area contributed by atoms with Crippen molar-refractivity contribution in [1.82, 2.24) is 0 Å². The number of furan rings is 1. The number of para-hydroxylation sites is 1. The van der Waals surface area contributed by atoms with E-state index in [1.54, 1.807) is 0 Å². The fourth-order valence-corrected chi connectivity index (χ4v) is 11.6. The molecule has 322 valence electrons. The highest BCUT2D eigenvalue weighted by atomic mass is 16.3. The van der Waals surface area contributed by atoms with E-state index in [1.165, 1.54) is 76.8 Å². The third-order valence-corrected chi connectivity index (χ3v) is 14.8. The number of hydrogen-bond donors (Lipinski definition) is 0. The SMILES string of the molecule is c1ccc(C2(c3ccc(N(c4ccc(-c5ccc6oc7ccccc7c6c5)cc4)c4ccc(-c5ccc6c7ccccc7c7ccccc7c6c5)cc4)cc3)c3ccccc3-c3ccccc32)cc1. The molecule has 0 radical (unpaired) electrons. The van der Waals surface area contributed by atoms with Gasteiger partial charge in [-0.05, 0) is 149 Å². The molecule has 0 saturated carbocycles. The quantitative estimate of drug-likeness (QED) is 0.148. The molecule has 0 atom stereocenters. The summed E-state index contributed by atoms with van der Waals surface area (Å²) >= 11 is 0. The number of benzene rings is 12. The number of hydrogen-bond acceptors (Lipinski definition) is 2. The minimum absolute atomic E-state index is 0.472. The van der Waals surface area contributed by atoms with Crippen LogP contribution in [0.25, 0.3) is 87.6 Å². The Labute approximate surface area is 400 Å². The van der Waals surface area contributed by atoms with Gasteiger partial charge in [0.2, 0.25) is 0 Å². The summed E-state index contributed by atoms with van der Waals surface area (Å²) in [5.74, 6) is 0. The molecule has 0 amide bonds. The van der Waals surface area contributed by atoms with Gasteiger partial charge in [-0.2, -0.15) is 0 Å². The van der Waals surface area contributed by atoms with Gasteiger partial charge in [0.15, 0.2) is 0 Å². The van der Waals surface area contributed by atoms with Crippen LogP contribution >= 0.6 is 0 Å². The monoisotopic (exact) mass is 877 g/mol. The molecule has 12 aromatic carbocycles. The van der Waals surface area contributed by atoms with Crippen LogP contribution in [0.3, 0.4) is 0 Å². The zero-order valence-corrected chi connectivity index (χ0v) is 37.7. The molecule has 0 aliphatic heterocycles. The van der Waals surface area contributed by atoms with Gasteiger partial charge in [-0.1, -0.05) is 200 Å². The van der Waals surface area contributed by atoms with Crippen LogP contribution in [0.1, 0.15) is 22.3 Å². The number of nitrogens with zero attached hydrogens (tertiary/aromatic N) is 1. The van der Waals surface area contributed by atoms with E-state index in [0.717, 1.165) is 50.1 Å². The molecule has 2 nitrogen and oxygen atoms in total. The Morgan fingerprint density at radius 1 is 0.261 bits per heavy atom. The van der Waals surface area contributed by atoms with Crippen molar-refractivity contribution in [2.24, 2.45) is 0 Å². The maximum atomic E-state index is 6.18. The number of anilines is 3. The summed E-state index contributed by atoms with van der Waals surface area (Å²) in [6.45, 7) is 0. The molecule has 1 aliphatic carbocycles. The third kappa shape index (κ3) is 6.06. The van der Waals surface area contributed by atoms with E-state index >= 15 is 0 Å². The van der Waals surface area contributed by atoms with Gasteiger partial charge in [0.1, 0.15) is 11.2 Å². The lowest BCUT2D eigenvalue weighted by molar-refractivity contribution is 0.669. The molecule has 69 heavy (non-hydrogen) atoms. The van der Waals surface area contributed by atoms with E-state index in [1.807, 2.05) is 12.1 Å². The van der Waals surface area contributed by atoms with E-state index in [4.69, 9.17) is 4.42 Å². The highest BCUT2D eigenvalue weighted by molar-refractivity contribution is 6.25. The Hall–Kier alpha value is -8.98. The summed E-state index contributed by atoms with van der Waals surface area (Å²) < 4.78 is 6.18. The Bertz CT molecular complexity index is 4030. The highest BCUT2D eigenvalue weighted by Gasteiger charge is 2.45. The summed E-state index contributed by atoms with van der Waals surface area (Å²) in [5, 5.41) is 9.95. The molecule has 1 heterocycles. The van der Waals surface area contributed by atoms with Gasteiger partial charge in [0, 0.05) is 27.8 Å². The van der Waals surface area contributed by atoms with Gasteiger partial charge >= 0.3 is 0 Å². The van der Waals surface area contributed by atoms with Crippen LogP contribution in [-0.4, -0.2) is 0 Å². The van der Waals surface area contributed by atoms with Gasteiger partial charge in [0.05, 0.1) is 5.41 Å². The summed E-state index contributed by atoms with van der Waals surface area (Å²) in [7, 11) is 0. The van der Waals surface area contributed by atoms with Gasteiger partial charge in [-0.25, -0.2) is 0 Å². The van der Waals surface area contributed by atoms with Crippen LogP contribution < -0.4 is 4.90 Å². The smallest absolute Gasteiger partial charge is 0.135 e. The van der Waals surface area contributed by atoms with Crippen LogP contribution in [0.5, 0.6) is 0 Å². The molecule has 0 fully saturated rings. The molecule has 0 N–H and O–H groups in total. The van der Waals surface area contributed by atoms with Gasteiger partial charge in [0.25, 0.3) is 0 Å². The Morgan fingerprint density at radius 2 is 0.652 bits per heavy atom. The fraction of sp³-hybridized carbons (Fsp3) is 0.0149. The van der Waals surface area contributed by atoms with E-state index in [2.05, 4.69) is 254 Å². The minimum Gasteiger partial charge on any atom is -0.456 e. The molecule has 0 spiro atoms. The summed E-state index contributed by atoms with van der Waals surface area (Å²) in [5.41, 5.74) is 16.9. The van der Waals surface area contributed by atoms with Crippen molar-refractivity contribution in [1.29, 1.82) is 0 Å². The van der Waals surface area contributed by atoms with E-state index < -0.39 is 5.41 Å². The van der Waals surface area contributed by atoms with E-state index in [0.29, 0.717) is 0 Å². The zero-order valence-electron chi connectivity index (χ0n) is 37.7. The Balaban J connectivity index is 0.893. The van der Waals surface area contributed by atoms with Crippen molar-refractivity contribution in [2.45, 2.75) is 5.41 Å². The van der Waals surface area contributed by atoms with E-state index in [9.17, 15) is 0 Å². The second kappa shape index (κ2) is 15.6. The van der Waals surface area contributed by atoms with Crippen molar-refractivity contribution in [3.05, 3.63) is 283 Å². The predicted molar refractivity (Wildman–Crippen MR) is 289 cm³/mol. The van der Waals surface area contributed by atoms with Gasteiger partial charge < -0.3 is 9.32 Å². The predicted octanol–water partition coefficient (Wildman–Crippen LogP) is 18.2. The fourth-order valence-electron chi connectivity index (χ4n) is 11.6. The molecule has 14 rings (SSSR count). The average Bonchev–Trinajstić information content (AvgIpc) is 3.95. The topological polar surface area (TPSA) is 16.4 Å². The maximum Gasteiger partial charge on any atom is 0.135 e. The maximum absolute atomic E-state index is 6.18. The lowest BCUT2D eigenvalue weighted by Gasteiger charge is -2.34. The lowest BCUT2D eigenvalue weighted by atomic mass is 9.68. The zero-order chi connectivity index (χ0) is 45.5. The minimum atomic E-state index is -0.472. The second-order valence-electron chi connectivity index (χ2n) is 18.3. The molecule has 2 heteroatoms. The van der Waals surface area contributed by atoms with Crippen molar-refractivity contribution in [3.8, 4) is 33.4 Å². The van der Waals surface area contributed by atoms with Crippen LogP contribution in [0, 0.1) is 0 Å². The molecule has 0 saturated heterocycles. The molecule has 0 bridgehead atoms. The Kier molecular flexibility index (Phi) is 8.84. The highest BCUT2D eigenvalue weighted by Crippen LogP contribution is 2.56. The molecule has 0 unspecified atom stereocenters. The van der Waals surface area contributed by atoms with Crippen LogP contribution in [0.4, 0.5) is 17.1 Å². The number of rotatable bonds is 7. The lowest BCUT2D eigenvalue weighted by Crippen LogP contribution is -2.28. The first-order valence-corrected chi connectivity index (χ1v) is 23.8. The second-order valence-corrected chi connectivity index (χ2v) is 18.3. The van der Waals surface area contributed by atoms with Crippen molar-refractivity contribution < 1.29 is 4.42 Å². The Morgan fingerprint density at radius 3 is 1.23 bits per heavy atom. The first kappa shape index (κ1) is 39.2. The first-order chi connectivity index (χ1) is 34.2. The summed E-state index contributed by atoms with van der Waals surface area (Å²) in [6.07, 6.45) is 0. The van der Waals surface area contributed by atoms with Crippen molar-refractivity contribution in [3.63, 3.8) is 0 Å². The largest absolute Gasteiger partial charge is 0.456 e. The van der Waals surface area contributed by atoms with E-state index in [-0.39, 0.29) is 0 Å². The summed E-state index contributed by atoms with van der Waals surface area (Å²) in [4.78, 5) is 2.38. The molecular formula is C67H43NO. The molecule has 1 aliphatic rings. The van der Waals surface area contributed by atoms with Gasteiger partial charge in [-0.15, -0.1) is 0 Å². The normalized spacial score (nSPS) is 12.8. The number of fused-ring (bicyclic) bond motifs is 12. The first-order valence-electron chi connectivity index (χ1n) is 23.8. The molecular weight excluding hydrogens is 835 g/mol. The van der Waals surface area contributed by atoms with Gasteiger partial charge in [-0.3, -0.25) is 0 Å². The third-order valence-electron chi connectivity index (χ3n) is 14.8. The average molecular weight is 878 g/mol. The van der Waals surface area contributed by atoms with Crippen LogP contribution in [-0.2, 0) is 5.41 Å². The molecule has 13 aromatic rings. The molecule has 1 aromatic heterocycles. The van der Waals surface area contributed by atoms with Crippen LogP contribution in [0.2, 0.25) is 0 Å². The summed E-state index contributed by atoms with van der Waals surface area (Å²) in [6, 6.07) is 95.6. The standard InChI is InChI=1S/C67H43NO/c1-2-14-48(15-3-1)67(63-23-11-8-20-58(63)59-21-9-12-24-64(59)67)49-32-38-52(39-33-49)68(51-36-28-45(29-37-51)47-31-41-66-62(43-47)60-22-10-13-25-65(60)69-66)50-34-26-44(27-35-50)46-30-40-57-55-18-5-4-16-53(55)54-17-6-7-19-56(54)61(57)42-46/h1-43H. The van der Waals surface area contributed by atoms with Crippen molar-refractivity contribution >= 4 is 71.3 Å². The van der Waals surface area contributed by atoms with Crippen molar-refractivity contribution in [2.75, 3.05) is 4.90 Å².